The van der Waals surface area contributed by atoms with Crippen LogP contribution in [0.25, 0.3) is 0 Å². The number of hydrogen-bond donors (Lipinski definition) is 0. The van der Waals surface area contributed by atoms with Gasteiger partial charge in [-0.15, -0.1) is 0 Å². The minimum Gasteiger partial charge on any atom is -0.207 e. The first kappa shape index (κ1) is 13.4. The van der Waals surface area contributed by atoms with Gasteiger partial charge in [0.1, 0.15) is 5.82 Å². The fourth-order valence-corrected chi connectivity index (χ4v) is 2.01. The molecule has 0 amide bonds. The Kier molecular flexibility index (Phi) is 4.65. The molecular weight excluding hydrogens is 240 g/mol. The van der Waals surface area contributed by atoms with E-state index >= 15 is 0 Å². The van der Waals surface area contributed by atoms with Crippen molar-refractivity contribution in [2.75, 3.05) is 0 Å². The third kappa shape index (κ3) is 4.43. The highest BCUT2D eigenvalue weighted by Gasteiger charge is 2.30. The highest BCUT2D eigenvalue weighted by atomic mass is 32.2. The average Bonchev–Trinajstić information content (AvgIpc) is 2.16. The quantitative estimate of drug-likeness (QED) is 0.549. The minimum absolute atomic E-state index is 0.0994. The van der Waals surface area contributed by atoms with Gasteiger partial charge >= 0.3 is 5.51 Å². The topological polar surface area (TPSA) is 0 Å². The second-order valence-electron chi connectivity index (χ2n) is 3.40. The maximum atomic E-state index is 12.9. The van der Waals surface area contributed by atoms with Crippen molar-refractivity contribution >= 4 is 11.8 Å². The standard InChI is InChI=1S/C11H12F4S/c1-2-3-4-8-7-9(12)5-6-10(8)16-11(13,14)15/h5-7H,2-4H2,1H3. The smallest absolute Gasteiger partial charge is 0.207 e. The summed E-state index contributed by atoms with van der Waals surface area (Å²) in [5, 5.41) is 0. The molecular formula is C11H12F4S. The van der Waals surface area contributed by atoms with Crippen molar-refractivity contribution in [1.29, 1.82) is 0 Å². The molecule has 0 aromatic heterocycles. The molecule has 0 heterocycles. The Morgan fingerprint density at radius 2 is 1.94 bits per heavy atom. The Balaban J connectivity index is 2.89. The second kappa shape index (κ2) is 5.57. The average molecular weight is 252 g/mol. The number of alkyl halides is 3. The van der Waals surface area contributed by atoms with E-state index in [1.54, 1.807) is 0 Å². The lowest BCUT2D eigenvalue weighted by molar-refractivity contribution is -0.0328. The van der Waals surface area contributed by atoms with Gasteiger partial charge in [0.05, 0.1) is 0 Å². The SMILES string of the molecule is CCCCc1cc(F)ccc1SC(F)(F)F. The van der Waals surface area contributed by atoms with Crippen LogP contribution in [0.3, 0.4) is 0 Å². The molecule has 16 heavy (non-hydrogen) atoms. The molecule has 0 bridgehead atoms. The van der Waals surface area contributed by atoms with Crippen LogP contribution in [0.4, 0.5) is 17.6 Å². The van der Waals surface area contributed by atoms with Gasteiger partial charge < -0.3 is 0 Å². The Morgan fingerprint density at radius 3 is 2.50 bits per heavy atom. The van der Waals surface area contributed by atoms with E-state index in [1.165, 1.54) is 12.1 Å². The fourth-order valence-electron chi connectivity index (χ4n) is 1.33. The zero-order valence-corrected chi connectivity index (χ0v) is 9.59. The first-order chi connectivity index (χ1) is 7.42. The van der Waals surface area contributed by atoms with E-state index in [2.05, 4.69) is 0 Å². The van der Waals surface area contributed by atoms with Crippen LogP contribution < -0.4 is 0 Å². The lowest BCUT2D eigenvalue weighted by Gasteiger charge is -2.10. The summed E-state index contributed by atoms with van der Waals surface area (Å²) in [5.74, 6) is -0.488. The van der Waals surface area contributed by atoms with E-state index in [4.69, 9.17) is 0 Å². The van der Waals surface area contributed by atoms with E-state index in [1.807, 2.05) is 6.92 Å². The largest absolute Gasteiger partial charge is 0.446 e. The molecule has 0 spiro atoms. The number of benzene rings is 1. The zero-order valence-electron chi connectivity index (χ0n) is 8.77. The molecule has 0 saturated heterocycles. The zero-order chi connectivity index (χ0) is 12.2. The van der Waals surface area contributed by atoms with Crippen molar-refractivity contribution in [1.82, 2.24) is 0 Å². The predicted molar refractivity (Wildman–Crippen MR) is 56.9 cm³/mol. The maximum absolute atomic E-state index is 12.9. The number of hydrogen-bond acceptors (Lipinski definition) is 1. The van der Waals surface area contributed by atoms with Crippen LogP contribution in [0.2, 0.25) is 0 Å². The van der Waals surface area contributed by atoms with Gasteiger partial charge in [-0.05, 0) is 48.4 Å². The van der Waals surface area contributed by atoms with E-state index in [9.17, 15) is 17.6 Å². The van der Waals surface area contributed by atoms with Gasteiger partial charge in [-0.3, -0.25) is 0 Å². The van der Waals surface area contributed by atoms with Crippen LogP contribution in [0.1, 0.15) is 25.3 Å². The summed E-state index contributed by atoms with van der Waals surface area (Å²) >= 11 is -0.180. The van der Waals surface area contributed by atoms with Gasteiger partial charge in [0, 0.05) is 4.90 Å². The van der Waals surface area contributed by atoms with Crippen molar-refractivity contribution in [2.24, 2.45) is 0 Å². The Morgan fingerprint density at radius 1 is 1.25 bits per heavy atom. The molecule has 0 radical (unpaired) electrons. The Labute approximate surface area is 96.0 Å². The van der Waals surface area contributed by atoms with Crippen molar-refractivity contribution in [3.63, 3.8) is 0 Å². The van der Waals surface area contributed by atoms with Crippen molar-refractivity contribution < 1.29 is 17.6 Å². The Bertz CT molecular complexity index is 346. The summed E-state index contributed by atoms with van der Waals surface area (Å²) in [6.07, 6.45) is 2.11. The van der Waals surface area contributed by atoms with Crippen LogP contribution in [-0.4, -0.2) is 5.51 Å². The molecule has 1 aromatic rings. The van der Waals surface area contributed by atoms with Gasteiger partial charge in [0.2, 0.25) is 0 Å². The van der Waals surface area contributed by atoms with Gasteiger partial charge in [0.25, 0.3) is 0 Å². The van der Waals surface area contributed by atoms with Crippen molar-refractivity contribution in [3.05, 3.63) is 29.6 Å². The number of rotatable bonds is 4. The summed E-state index contributed by atoms with van der Waals surface area (Å²) in [4.78, 5) is 0.0994. The maximum Gasteiger partial charge on any atom is 0.446 e. The van der Waals surface area contributed by atoms with E-state index in [0.29, 0.717) is 12.0 Å². The highest BCUT2D eigenvalue weighted by Crippen LogP contribution is 2.39. The first-order valence-electron chi connectivity index (χ1n) is 4.96. The van der Waals surface area contributed by atoms with Gasteiger partial charge in [0.15, 0.2) is 0 Å². The van der Waals surface area contributed by atoms with Crippen LogP contribution in [0, 0.1) is 5.82 Å². The summed E-state index contributed by atoms with van der Waals surface area (Å²) in [7, 11) is 0. The molecule has 1 aromatic carbocycles. The van der Waals surface area contributed by atoms with Crippen LogP contribution >= 0.6 is 11.8 Å². The van der Waals surface area contributed by atoms with Gasteiger partial charge in [-0.2, -0.15) is 13.2 Å². The lowest BCUT2D eigenvalue weighted by atomic mass is 10.1. The molecule has 0 aliphatic rings. The second-order valence-corrected chi connectivity index (χ2v) is 4.51. The third-order valence-corrected chi connectivity index (χ3v) is 2.90. The van der Waals surface area contributed by atoms with Crippen LogP contribution in [0.15, 0.2) is 23.1 Å². The number of thioether (sulfide) groups is 1. The molecule has 0 saturated carbocycles. The predicted octanol–water partition coefficient (Wildman–Crippen LogP) is 4.78. The first-order valence-corrected chi connectivity index (χ1v) is 5.78. The van der Waals surface area contributed by atoms with E-state index in [-0.39, 0.29) is 16.7 Å². The molecule has 0 fully saturated rings. The highest BCUT2D eigenvalue weighted by molar-refractivity contribution is 8.00. The van der Waals surface area contributed by atoms with E-state index < -0.39 is 11.3 Å². The van der Waals surface area contributed by atoms with Crippen LogP contribution in [-0.2, 0) is 6.42 Å². The molecule has 0 N–H and O–H groups in total. The summed E-state index contributed by atoms with van der Waals surface area (Å²) in [5.41, 5.74) is -3.89. The number of aryl methyl sites for hydroxylation is 1. The third-order valence-electron chi connectivity index (χ3n) is 2.05. The normalized spacial score (nSPS) is 11.8. The molecule has 0 atom stereocenters. The lowest BCUT2D eigenvalue weighted by Crippen LogP contribution is -2.01. The van der Waals surface area contributed by atoms with Crippen molar-refractivity contribution in [2.45, 2.75) is 36.6 Å². The minimum atomic E-state index is -4.32. The summed E-state index contributed by atoms with van der Waals surface area (Å²) in [6.45, 7) is 1.94. The fraction of sp³-hybridized carbons (Fsp3) is 0.455. The summed E-state index contributed by atoms with van der Waals surface area (Å²) < 4.78 is 49.6. The van der Waals surface area contributed by atoms with Crippen LogP contribution in [0.5, 0.6) is 0 Å². The van der Waals surface area contributed by atoms with Gasteiger partial charge in [-0.25, -0.2) is 4.39 Å². The number of unbranched alkanes of at least 4 members (excludes halogenated alkanes) is 1. The molecule has 0 unspecified atom stereocenters. The summed E-state index contributed by atoms with van der Waals surface area (Å²) in [6, 6.07) is 3.44. The monoisotopic (exact) mass is 252 g/mol. The molecule has 0 aliphatic carbocycles. The van der Waals surface area contributed by atoms with Gasteiger partial charge in [-0.1, -0.05) is 13.3 Å². The Hall–Kier alpha value is -0.710. The molecule has 0 nitrogen and oxygen atoms in total. The van der Waals surface area contributed by atoms with Crippen molar-refractivity contribution in [3.8, 4) is 0 Å². The molecule has 0 aliphatic heterocycles. The molecule has 90 valence electrons. The molecule has 1 rings (SSSR count). The van der Waals surface area contributed by atoms with E-state index in [0.717, 1.165) is 18.9 Å². The number of halogens is 4. The molecule has 5 heteroatoms.